The number of hydrogen-bond acceptors (Lipinski definition) is 6. The largest absolute Gasteiger partial charge is 0.463 e. The number of ether oxygens (including phenoxy) is 2. The molecule has 1 rings (SSSR count). The quantitative estimate of drug-likeness (QED) is 0.637. The Morgan fingerprint density at radius 1 is 1.10 bits per heavy atom. The van der Waals surface area contributed by atoms with Gasteiger partial charge in [0.15, 0.2) is 0 Å². The molecule has 4 atom stereocenters. The molecular weight excluding hydrogens is 264 g/mol. The van der Waals surface area contributed by atoms with Crippen LogP contribution < -0.4 is 0 Å². The van der Waals surface area contributed by atoms with Crippen molar-refractivity contribution in [3.05, 3.63) is 12.2 Å². The summed E-state index contributed by atoms with van der Waals surface area (Å²) in [6.07, 6.45) is 0.833. The van der Waals surface area contributed by atoms with E-state index < -0.39 is 30.3 Å². The fourth-order valence-corrected chi connectivity index (χ4v) is 1.84. The van der Waals surface area contributed by atoms with Crippen molar-refractivity contribution in [2.24, 2.45) is 0 Å². The van der Waals surface area contributed by atoms with Crippen LogP contribution in [0, 0.1) is 0 Å². The van der Waals surface area contributed by atoms with Crippen LogP contribution in [0.5, 0.6) is 0 Å². The van der Waals surface area contributed by atoms with Gasteiger partial charge in [-0.25, -0.2) is 4.79 Å². The topological polar surface area (TPSA) is 93.1 Å². The molecule has 4 unspecified atom stereocenters. The number of aliphatic hydroxyl groups is 2. The van der Waals surface area contributed by atoms with Crippen molar-refractivity contribution >= 4 is 11.9 Å². The van der Waals surface area contributed by atoms with Gasteiger partial charge in [-0.1, -0.05) is 0 Å². The lowest BCUT2D eigenvalue weighted by Crippen LogP contribution is -2.29. The fraction of sp³-hybridized carbons (Fsp3) is 0.714. The molecule has 0 saturated carbocycles. The van der Waals surface area contributed by atoms with E-state index in [-0.39, 0.29) is 18.9 Å². The first-order chi connectivity index (χ1) is 9.38. The zero-order valence-corrected chi connectivity index (χ0v) is 11.8. The molecule has 0 spiro atoms. The third-order valence-corrected chi connectivity index (χ3v) is 3.14. The highest BCUT2D eigenvalue weighted by Crippen LogP contribution is 2.12. The van der Waals surface area contributed by atoms with E-state index in [0.29, 0.717) is 12.8 Å². The molecule has 6 heteroatoms. The zero-order chi connectivity index (χ0) is 15.1. The third-order valence-electron chi connectivity index (χ3n) is 3.14. The molecule has 0 fully saturated rings. The maximum absolute atomic E-state index is 11.5. The van der Waals surface area contributed by atoms with Crippen LogP contribution in [0.4, 0.5) is 0 Å². The maximum atomic E-state index is 11.5. The number of hydrogen-bond donors (Lipinski definition) is 2. The van der Waals surface area contributed by atoms with E-state index in [9.17, 15) is 19.8 Å². The summed E-state index contributed by atoms with van der Waals surface area (Å²) in [6, 6.07) is 0. The summed E-state index contributed by atoms with van der Waals surface area (Å²) >= 11 is 0. The van der Waals surface area contributed by atoms with Crippen LogP contribution in [0.3, 0.4) is 0 Å². The van der Waals surface area contributed by atoms with Crippen LogP contribution in [0.15, 0.2) is 12.2 Å². The summed E-state index contributed by atoms with van der Waals surface area (Å²) in [5, 5.41) is 19.4. The van der Waals surface area contributed by atoms with Crippen molar-refractivity contribution in [2.45, 2.75) is 63.9 Å². The molecule has 114 valence electrons. The molecule has 1 aliphatic rings. The Hall–Kier alpha value is -1.40. The predicted octanol–water partition coefficient (Wildman–Crippen LogP) is 0.702. The van der Waals surface area contributed by atoms with Gasteiger partial charge in [0, 0.05) is 12.5 Å². The fourth-order valence-electron chi connectivity index (χ4n) is 1.84. The number of esters is 2. The third kappa shape index (κ3) is 6.16. The lowest BCUT2D eigenvalue weighted by atomic mass is 10.1. The Morgan fingerprint density at radius 2 is 1.80 bits per heavy atom. The minimum Gasteiger partial charge on any atom is -0.463 e. The van der Waals surface area contributed by atoms with Crippen molar-refractivity contribution in [1.29, 1.82) is 0 Å². The maximum Gasteiger partial charge on any atom is 0.330 e. The molecule has 1 heterocycles. The van der Waals surface area contributed by atoms with Crippen molar-refractivity contribution in [3.63, 3.8) is 0 Å². The van der Waals surface area contributed by atoms with E-state index in [2.05, 4.69) is 0 Å². The normalized spacial score (nSPS) is 34.0. The molecule has 0 radical (unpaired) electrons. The Balaban J connectivity index is 2.71. The Morgan fingerprint density at radius 3 is 2.50 bits per heavy atom. The molecule has 0 aliphatic carbocycles. The van der Waals surface area contributed by atoms with Crippen LogP contribution in [-0.4, -0.2) is 46.6 Å². The lowest BCUT2D eigenvalue weighted by Gasteiger charge is -2.20. The Labute approximate surface area is 118 Å². The average molecular weight is 286 g/mol. The second kappa shape index (κ2) is 8.01. The number of aliphatic hydroxyl groups excluding tert-OH is 2. The molecule has 0 aromatic carbocycles. The predicted molar refractivity (Wildman–Crippen MR) is 70.7 cm³/mol. The molecule has 6 nitrogen and oxygen atoms in total. The van der Waals surface area contributed by atoms with Gasteiger partial charge in [-0.05, 0) is 39.2 Å². The smallest absolute Gasteiger partial charge is 0.330 e. The van der Waals surface area contributed by atoms with Gasteiger partial charge in [0.05, 0.1) is 18.3 Å². The van der Waals surface area contributed by atoms with Crippen molar-refractivity contribution in [1.82, 2.24) is 0 Å². The summed E-state index contributed by atoms with van der Waals surface area (Å²) in [6.45, 7) is 3.29. The van der Waals surface area contributed by atoms with Crippen molar-refractivity contribution < 1.29 is 29.3 Å². The summed E-state index contributed by atoms with van der Waals surface area (Å²) in [4.78, 5) is 23.0. The first kappa shape index (κ1) is 16.7. The standard InChI is InChI=1S/C14H22O6/c1-9-3-4-11(15)5-7-14(18)20-10(2)12(16)6-8-13(17)19-9/h5,7,9-12,15-16H,3-4,6,8H2,1-2H3. The molecule has 0 aromatic heterocycles. The van der Waals surface area contributed by atoms with Gasteiger partial charge in [-0.3, -0.25) is 4.79 Å². The second-order valence-corrected chi connectivity index (χ2v) is 5.05. The molecule has 0 aromatic rings. The number of rotatable bonds is 0. The van der Waals surface area contributed by atoms with Crippen LogP contribution in [0.1, 0.15) is 39.5 Å². The average Bonchev–Trinajstić information content (AvgIpc) is 2.39. The van der Waals surface area contributed by atoms with Gasteiger partial charge in [0.25, 0.3) is 0 Å². The molecule has 20 heavy (non-hydrogen) atoms. The number of carbonyl (C=O) groups excluding carboxylic acids is 2. The summed E-state index contributed by atoms with van der Waals surface area (Å²) in [5.74, 6) is -1.03. The highest BCUT2D eigenvalue weighted by Gasteiger charge is 2.20. The Bertz CT molecular complexity index is 365. The van der Waals surface area contributed by atoms with Crippen molar-refractivity contribution in [2.75, 3.05) is 0 Å². The van der Waals surface area contributed by atoms with Crippen LogP contribution >= 0.6 is 0 Å². The van der Waals surface area contributed by atoms with Gasteiger partial charge >= 0.3 is 11.9 Å². The van der Waals surface area contributed by atoms with Gasteiger partial charge in [-0.2, -0.15) is 0 Å². The molecular formula is C14H22O6. The summed E-state index contributed by atoms with van der Waals surface area (Å²) in [5.41, 5.74) is 0. The van der Waals surface area contributed by atoms with E-state index in [0.717, 1.165) is 6.08 Å². The zero-order valence-electron chi connectivity index (χ0n) is 11.8. The minimum absolute atomic E-state index is 0.0613. The SMILES string of the molecule is CC1CCC(O)C=CC(=O)OC(C)C(O)CCC(=O)O1. The van der Waals surface area contributed by atoms with Crippen LogP contribution in [-0.2, 0) is 19.1 Å². The highest BCUT2D eigenvalue weighted by molar-refractivity contribution is 5.82. The lowest BCUT2D eigenvalue weighted by molar-refractivity contribution is -0.151. The van der Waals surface area contributed by atoms with E-state index in [1.54, 1.807) is 13.8 Å². The summed E-state index contributed by atoms with van der Waals surface area (Å²) < 4.78 is 10.1. The van der Waals surface area contributed by atoms with E-state index in [1.165, 1.54) is 6.08 Å². The number of cyclic esters (lactones) is 2. The monoisotopic (exact) mass is 286 g/mol. The van der Waals surface area contributed by atoms with E-state index in [4.69, 9.17) is 9.47 Å². The van der Waals surface area contributed by atoms with Crippen LogP contribution in [0.25, 0.3) is 0 Å². The van der Waals surface area contributed by atoms with Gasteiger partial charge in [0.2, 0.25) is 0 Å². The highest BCUT2D eigenvalue weighted by atomic mass is 16.6. The van der Waals surface area contributed by atoms with Crippen LogP contribution in [0.2, 0.25) is 0 Å². The van der Waals surface area contributed by atoms with E-state index >= 15 is 0 Å². The first-order valence-corrected chi connectivity index (χ1v) is 6.83. The first-order valence-electron chi connectivity index (χ1n) is 6.83. The molecule has 1 aliphatic heterocycles. The Kier molecular flexibility index (Phi) is 6.67. The minimum atomic E-state index is -0.928. The van der Waals surface area contributed by atoms with Gasteiger partial charge in [0.1, 0.15) is 6.10 Å². The van der Waals surface area contributed by atoms with Gasteiger partial charge in [-0.15, -0.1) is 0 Å². The van der Waals surface area contributed by atoms with E-state index in [1.807, 2.05) is 0 Å². The molecule has 2 N–H and O–H groups in total. The molecule has 0 saturated heterocycles. The molecule has 0 amide bonds. The summed E-state index contributed by atoms with van der Waals surface area (Å²) in [7, 11) is 0. The second-order valence-electron chi connectivity index (χ2n) is 5.05. The van der Waals surface area contributed by atoms with Crippen molar-refractivity contribution in [3.8, 4) is 0 Å². The van der Waals surface area contributed by atoms with Gasteiger partial charge < -0.3 is 19.7 Å². The molecule has 0 bridgehead atoms. The number of carbonyl (C=O) groups is 2.